The molecule has 9 nitrogen and oxygen atoms in total. The van der Waals surface area contributed by atoms with Crippen molar-refractivity contribution in [1.82, 2.24) is 19.9 Å². The molecule has 42 heavy (non-hydrogen) atoms. The van der Waals surface area contributed by atoms with Crippen molar-refractivity contribution in [3.8, 4) is 6.07 Å². The Labute approximate surface area is 254 Å². The molecule has 0 unspecified atom stereocenters. The van der Waals surface area contributed by atoms with Crippen LogP contribution in [-0.4, -0.2) is 54.0 Å². The van der Waals surface area contributed by atoms with Crippen LogP contribution in [0.2, 0.25) is 25.7 Å². The van der Waals surface area contributed by atoms with E-state index in [1.54, 1.807) is 20.8 Å². The van der Waals surface area contributed by atoms with Crippen molar-refractivity contribution in [1.29, 1.82) is 5.26 Å². The number of nitrogens with one attached hydrogen (secondary N) is 1. The van der Waals surface area contributed by atoms with Gasteiger partial charge in [-0.3, -0.25) is 0 Å². The number of nitriles is 1. The summed E-state index contributed by atoms with van der Waals surface area (Å²) in [5.41, 5.74) is -0.949. The van der Waals surface area contributed by atoms with Crippen LogP contribution in [0.5, 0.6) is 0 Å². The van der Waals surface area contributed by atoms with Gasteiger partial charge in [-0.25, -0.2) is 18.6 Å². The van der Waals surface area contributed by atoms with Gasteiger partial charge < -0.3 is 24.3 Å². The van der Waals surface area contributed by atoms with Crippen molar-refractivity contribution >= 4 is 47.1 Å². The molecule has 4 rings (SSSR count). The molecule has 1 fully saturated rings. The van der Waals surface area contributed by atoms with Crippen molar-refractivity contribution in [3.63, 3.8) is 0 Å². The van der Waals surface area contributed by atoms with Crippen LogP contribution in [0.4, 0.5) is 19.5 Å². The van der Waals surface area contributed by atoms with E-state index in [9.17, 15) is 14.4 Å². The zero-order valence-electron chi connectivity index (χ0n) is 24.9. The Bertz CT molecular complexity index is 1500. The van der Waals surface area contributed by atoms with E-state index in [1.807, 2.05) is 15.7 Å². The molecule has 1 N–H and O–H groups in total. The Hall–Kier alpha value is -3.08. The van der Waals surface area contributed by atoms with E-state index in [1.165, 1.54) is 12.1 Å². The highest BCUT2D eigenvalue weighted by molar-refractivity contribution is 9.10. The molecular weight excluding hydrogens is 626 g/mol. The summed E-state index contributed by atoms with van der Waals surface area (Å²) >= 11 is 3.54. The van der Waals surface area contributed by atoms with E-state index in [4.69, 9.17) is 14.5 Å². The molecular formula is C29H37BrF2N6O3Si. The maximum absolute atomic E-state index is 15.1. The summed E-state index contributed by atoms with van der Waals surface area (Å²) in [6, 6.07) is 6.56. The lowest BCUT2D eigenvalue weighted by atomic mass is 9.80. The van der Waals surface area contributed by atoms with Gasteiger partial charge in [-0.2, -0.15) is 10.2 Å². The third kappa shape index (κ3) is 7.46. The van der Waals surface area contributed by atoms with Crippen molar-refractivity contribution in [2.24, 2.45) is 0 Å². The van der Waals surface area contributed by atoms with E-state index in [0.717, 1.165) is 12.1 Å². The van der Waals surface area contributed by atoms with E-state index >= 15 is 4.39 Å². The van der Waals surface area contributed by atoms with Gasteiger partial charge in [0.05, 0.1) is 10.9 Å². The first-order valence-electron chi connectivity index (χ1n) is 13.9. The van der Waals surface area contributed by atoms with Crippen molar-refractivity contribution in [2.75, 3.05) is 24.6 Å². The first-order valence-corrected chi connectivity index (χ1v) is 18.4. The number of alkyl carbamates (subject to hydrolysis) is 1. The minimum Gasteiger partial charge on any atom is -0.444 e. The Morgan fingerprint density at radius 2 is 1.90 bits per heavy atom. The van der Waals surface area contributed by atoms with Crippen LogP contribution < -0.4 is 10.2 Å². The molecule has 0 bridgehead atoms. The molecule has 226 valence electrons. The van der Waals surface area contributed by atoms with Gasteiger partial charge in [-0.05, 0) is 61.7 Å². The summed E-state index contributed by atoms with van der Waals surface area (Å²) in [4.78, 5) is 24.1. The number of hydrogen-bond donors (Lipinski definition) is 1. The van der Waals surface area contributed by atoms with Crippen LogP contribution in [0, 0.1) is 23.0 Å². The zero-order chi connectivity index (χ0) is 30.9. The minimum absolute atomic E-state index is 0.178. The molecule has 2 aromatic heterocycles. The van der Waals surface area contributed by atoms with Gasteiger partial charge in [0.15, 0.2) is 5.69 Å². The van der Waals surface area contributed by atoms with Gasteiger partial charge in [0.25, 0.3) is 0 Å². The minimum atomic E-state index is -1.25. The lowest BCUT2D eigenvalue weighted by Crippen LogP contribution is -2.54. The van der Waals surface area contributed by atoms with E-state index in [0.29, 0.717) is 41.2 Å². The summed E-state index contributed by atoms with van der Waals surface area (Å²) in [7, 11) is -1.25. The second-order valence-electron chi connectivity index (χ2n) is 12.8. The third-order valence-electron chi connectivity index (χ3n) is 7.08. The largest absolute Gasteiger partial charge is 0.444 e. The number of carbonyl (C=O) groups is 1. The molecule has 1 aromatic carbocycles. The standard InChI is InChI=1S/C29H37BrF2N6O3Si/c1-28(2,3)41-27(39)36-29(20-8-7-19(31)15-22(20)32)9-11-37(12-10-29)26-34-23(16-33)24-21(30)17-38(25(24)35-26)18-40-13-14-42(4,5)6/h7-8,15,17H,9-14,18H2,1-6H3,(H,36,39). The number of fused-ring (bicyclic) bond motifs is 1. The molecule has 13 heteroatoms. The van der Waals surface area contributed by atoms with E-state index < -0.39 is 36.9 Å². The maximum atomic E-state index is 15.1. The van der Waals surface area contributed by atoms with E-state index in [-0.39, 0.29) is 30.8 Å². The van der Waals surface area contributed by atoms with Gasteiger partial charge >= 0.3 is 6.09 Å². The van der Waals surface area contributed by atoms with Gasteiger partial charge in [-0.15, -0.1) is 0 Å². The monoisotopic (exact) mass is 662 g/mol. The first-order chi connectivity index (χ1) is 19.6. The van der Waals surface area contributed by atoms with Crippen LogP contribution in [0.15, 0.2) is 28.9 Å². The summed E-state index contributed by atoms with van der Waals surface area (Å²) < 4.78 is 42.8. The summed E-state index contributed by atoms with van der Waals surface area (Å²) in [6.45, 7) is 13.7. The number of nitrogens with zero attached hydrogens (tertiary/aromatic N) is 5. The summed E-state index contributed by atoms with van der Waals surface area (Å²) in [5, 5.41) is 13.4. The number of piperidine rings is 1. The Morgan fingerprint density at radius 1 is 1.21 bits per heavy atom. The Morgan fingerprint density at radius 3 is 2.50 bits per heavy atom. The summed E-state index contributed by atoms with van der Waals surface area (Å²) in [6.07, 6.45) is 1.67. The molecule has 0 radical (unpaired) electrons. The lowest BCUT2D eigenvalue weighted by Gasteiger charge is -2.43. The molecule has 3 heterocycles. The van der Waals surface area contributed by atoms with Gasteiger partial charge in [0, 0.05) is 50.1 Å². The number of amides is 1. The quantitative estimate of drug-likeness (QED) is 0.212. The molecule has 0 atom stereocenters. The van der Waals surface area contributed by atoms with Crippen LogP contribution in [0.25, 0.3) is 11.0 Å². The Balaban J connectivity index is 1.62. The fraction of sp³-hybridized carbons (Fsp3) is 0.517. The van der Waals surface area contributed by atoms with Crippen LogP contribution >= 0.6 is 15.9 Å². The average Bonchev–Trinajstić information content (AvgIpc) is 3.20. The second kappa shape index (κ2) is 12.3. The average molecular weight is 664 g/mol. The number of carbonyl (C=O) groups excluding carboxylic acids is 1. The normalized spacial score (nSPS) is 15.5. The Kier molecular flexibility index (Phi) is 9.30. The summed E-state index contributed by atoms with van der Waals surface area (Å²) in [5.74, 6) is -1.11. The highest BCUT2D eigenvalue weighted by Gasteiger charge is 2.41. The maximum Gasteiger partial charge on any atom is 0.408 e. The number of halogens is 3. The molecule has 1 aliphatic rings. The molecule has 3 aromatic rings. The molecule has 0 aliphatic carbocycles. The highest BCUT2D eigenvalue weighted by atomic mass is 79.9. The van der Waals surface area contributed by atoms with Gasteiger partial charge in [-0.1, -0.05) is 25.7 Å². The predicted octanol–water partition coefficient (Wildman–Crippen LogP) is 6.68. The van der Waals surface area contributed by atoms with Crippen molar-refractivity contribution in [3.05, 3.63) is 51.8 Å². The highest BCUT2D eigenvalue weighted by Crippen LogP contribution is 2.37. The third-order valence-corrected chi connectivity index (χ3v) is 9.38. The number of anilines is 1. The van der Waals surface area contributed by atoms with Crippen molar-refractivity contribution < 1.29 is 23.0 Å². The molecule has 0 saturated carbocycles. The van der Waals surface area contributed by atoms with E-state index in [2.05, 4.69) is 51.9 Å². The number of benzene rings is 1. The smallest absolute Gasteiger partial charge is 0.408 e. The molecule has 0 spiro atoms. The number of aromatic nitrogens is 3. The fourth-order valence-corrected chi connectivity index (χ4v) is 6.29. The first kappa shape index (κ1) is 31.8. The van der Waals surface area contributed by atoms with Crippen molar-refractivity contribution in [2.45, 2.75) is 77.2 Å². The lowest BCUT2D eigenvalue weighted by molar-refractivity contribution is 0.0428. The predicted molar refractivity (Wildman–Crippen MR) is 163 cm³/mol. The molecule has 1 amide bonds. The molecule has 1 aliphatic heterocycles. The van der Waals surface area contributed by atoms with Crippen LogP contribution in [0.1, 0.15) is 44.9 Å². The van der Waals surface area contributed by atoms with Gasteiger partial charge in [0.1, 0.15) is 35.7 Å². The zero-order valence-corrected chi connectivity index (χ0v) is 27.4. The SMILES string of the molecule is CC(C)(C)OC(=O)NC1(c2ccc(F)cc2F)CCN(c2nc(C#N)c3c(Br)cn(COCC[Si](C)(C)C)c3n2)CC1. The topological polar surface area (TPSA) is 105 Å². The van der Waals surface area contributed by atoms with Crippen LogP contribution in [0.3, 0.4) is 0 Å². The number of rotatable bonds is 8. The molecule has 1 saturated heterocycles. The van der Waals surface area contributed by atoms with Crippen LogP contribution in [-0.2, 0) is 21.7 Å². The fourth-order valence-electron chi connectivity index (χ4n) is 4.92. The number of ether oxygens (including phenoxy) is 2. The number of hydrogen-bond acceptors (Lipinski definition) is 7. The second-order valence-corrected chi connectivity index (χ2v) is 19.3. The van der Waals surface area contributed by atoms with Gasteiger partial charge in [0.2, 0.25) is 5.95 Å².